The molecule has 0 amide bonds. The van der Waals surface area contributed by atoms with Crippen LogP contribution >= 0.6 is 0 Å². The Labute approximate surface area is 202 Å². The molecule has 4 aromatic rings. The molecule has 7 nitrogen and oxygen atoms in total. The van der Waals surface area contributed by atoms with Crippen LogP contribution in [0.4, 0.5) is 14.6 Å². The van der Waals surface area contributed by atoms with Gasteiger partial charge in [-0.15, -0.1) is 0 Å². The largest absolute Gasteiger partial charge is 0.356 e. The highest BCUT2D eigenvalue weighted by atomic mass is 19.1. The van der Waals surface area contributed by atoms with E-state index in [1.807, 2.05) is 0 Å². The Morgan fingerprint density at radius 1 is 1.09 bits per heavy atom. The second kappa shape index (κ2) is 10.0. The van der Waals surface area contributed by atoms with E-state index in [1.165, 1.54) is 24.5 Å². The van der Waals surface area contributed by atoms with Gasteiger partial charge in [0.2, 0.25) is 5.89 Å². The van der Waals surface area contributed by atoms with Crippen molar-refractivity contribution in [1.29, 1.82) is 0 Å². The second-order valence-corrected chi connectivity index (χ2v) is 8.95. The van der Waals surface area contributed by atoms with Crippen molar-refractivity contribution in [1.82, 2.24) is 20.1 Å². The molecule has 0 bridgehead atoms. The highest BCUT2D eigenvalue weighted by molar-refractivity contribution is 5.99. The van der Waals surface area contributed by atoms with Crippen LogP contribution in [0.5, 0.6) is 0 Å². The zero-order valence-corrected chi connectivity index (χ0v) is 19.7. The first-order valence-electron chi connectivity index (χ1n) is 12.1. The number of hydrogen-bond donors (Lipinski definition) is 1. The Balaban J connectivity index is 1.43. The number of aryl methyl sites for hydroxylation is 1. The molecule has 182 valence electrons. The molecule has 3 heterocycles. The van der Waals surface area contributed by atoms with Crippen molar-refractivity contribution >= 4 is 16.7 Å². The van der Waals surface area contributed by atoms with Crippen molar-refractivity contribution in [2.75, 3.05) is 24.5 Å². The molecule has 0 saturated carbocycles. The van der Waals surface area contributed by atoms with Crippen molar-refractivity contribution in [3.8, 4) is 11.1 Å². The Kier molecular flexibility index (Phi) is 6.68. The predicted molar refractivity (Wildman–Crippen MR) is 130 cm³/mol. The maximum absolute atomic E-state index is 14.8. The smallest absolute Gasteiger partial charge is 0.226 e. The second-order valence-electron chi connectivity index (χ2n) is 8.95. The molecule has 35 heavy (non-hydrogen) atoms. The van der Waals surface area contributed by atoms with Crippen LogP contribution in [-0.2, 0) is 12.8 Å². The predicted octanol–water partition coefficient (Wildman–Crippen LogP) is 4.80. The summed E-state index contributed by atoms with van der Waals surface area (Å²) in [4.78, 5) is 15.6. The lowest BCUT2D eigenvalue weighted by Crippen LogP contribution is -2.34. The summed E-state index contributed by atoms with van der Waals surface area (Å²) in [6.07, 6.45) is 5.36. The van der Waals surface area contributed by atoms with Gasteiger partial charge in [0.15, 0.2) is 5.82 Å². The van der Waals surface area contributed by atoms with E-state index in [1.54, 1.807) is 12.1 Å². The van der Waals surface area contributed by atoms with E-state index >= 15 is 0 Å². The molecule has 2 N–H and O–H groups in total. The molecule has 0 spiro atoms. The summed E-state index contributed by atoms with van der Waals surface area (Å²) in [5.41, 5.74) is 7.80. The van der Waals surface area contributed by atoms with Crippen molar-refractivity contribution in [3.05, 3.63) is 65.6 Å². The first kappa shape index (κ1) is 23.3. The normalized spacial score (nSPS) is 14.7. The Morgan fingerprint density at radius 3 is 2.66 bits per heavy atom. The quantitative estimate of drug-likeness (QED) is 0.408. The van der Waals surface area contributed by atoms with Gasteiger partial charge in [0, 0.05) is 36.4 Å². The number of piperidine rings is 1. The molecule has 9 heteroatoms. The van der Waals surface area contributed by atoms with Crippen LogP contribution < -0.4 is 10.6 Å². The summed E-state index contributed by atoms with van der Waals surface area (Å²) < 4.78 is 34.7. The zero-order chi connectivity index (χ0) is 24.4. The summed E-state index contributed by atoms with van der Waals surface area (Å²) in [7, 11) is 0. The monoisotopic (exact) mass is 478 g/mol. The minimum Gasteiger partial charge on any atom is -0.356 e. The van der Waals surface area contributed by atoms with E-state index in [9.17, 15) is 8.78 Å². The zero-order valence-electron chi connectivity index (χ0n) is 19.7. The molecule has 1 fully saturated rings. The van der Waals surface area contributed by atoms with Gasteiger partial charge in [0.1, 0.15) is 23.8 Å². The molecule has 1 aliphatic rings. The van der Waals surface area contributed by atoms with E-state index in [4.69, 9.17) is 10.3 Å². The summed E-state index contributed by atoms with van der Waals surface area (Å²) in [5, 5.41) is 4.78. The molecule has 2 aromatic heterocycles. The van der Waals surface area contributed by atoms with Crippen molar-refractivity contribution in [2.24, 2.45) is 5.73 Å². The third-order valence-electron chi connectivity index (χ3n) is 6.57. The van der Waals surface area contributed by atoms with E-state index < -0.39 is 5.82 Å². The first-order chi connectivity index (χ1) is 17.1. The van der Waals surface area contributed by atoms with Crippen LogP contribution in [0.15, 0.2) is 41.2 Å². The lowest BCUT2D eigenvalue weighted by atomic mass is 9.95. The van der Waals surface area contributed by atoms with Crippen LogP contribution in [0, 0.1) is 11.6 Å². The molecule has 0 radical (unpaired) electrons. The molecule has 1 saturated heterocycles. The molecule has 5 rings (SSSR count). The highest BCUT2D eigenvalue weighted by Crippen LogP contribution is 2.35. The van der Waals surface area contributed by atoms with Crippen LogP contribution in [-0.4, -0.2) is 39.7 Å². The fourth-order valence-corrected chi connectivity index (χ4v) is 4.76. The Bertz CT molecular complexity index is 1330. The van der Waals surface area contributed by atoms with Gasteiger partial charge >= 0.3 is 0 Å². The van der Waals surface area contributed by atoms with Gasteiger partial charge in [-0.25, -0.2) is 18.7 Å². The number of fused-ring (bicyclic) bond motifs is 1. The van der Waals surface area contributed by atoms with Crippen molar-refractivity contribution in [3.63, 3.8) is 0 Å². The van der Waals surface area contributed by atoms with Crippen molar-refractivity contribution in [2.45, 2.75) is 44.9 Å². The average molecular weight is 479 g/mol. The van der Waals surface area contributed by atoms with Crippen LogP contribution in [0.3, 0.4) is 0 Å². The van der Waals surface area contributed by atoms with E-state index in [2.05, 4.69) is 31.9 Å². The van der Waals surface area contributed by atoms with Gasteiger partial charge in [-0.05, 0) is 61.6 Å². The highest BCUT2D eigenvalue weighted by Gasteiger charge is 2.27. The number of halogens is 2. The SMILES string of the molecule is CCCc1nc(C2CCN(c3ncnc4c(-c5ccc(CCN)c(F)c5)cc(F)cc34)CC2)no1. The minimum absolute atomic E-state index is 0.219. The molecule has 0 atom stereocenters. The van der Waals surface area contributed by atoms with Crippen LogP contribution in [0.25, 0.3) is 22.0 Å². The molecule has 1 aliphatic heterocycles. The maximum Gasteiger partial charge on any atom is 0.226 e. The van der Waals surface area contributed by atoms with Crippen LogP contribution in [0.2, 0.25) is 0 Å². The van der Waals surface area contributed by atoms with Crippen LogP contribution in [0.1, 0.15) is 49.4 Å². The summed E-state index contributed by atoms with van der Waals surface area (Å²) >= 11 is 0. The number of rotatable bonds is 7. The molecular weight excluding hydrogens is 450 g/mol. The van der Waals surface area contributed by atoms with E-state index in [-0.39, 0.29) is 11.7 Å². The van der Waals surface area contributed by atoms with E-state index in [0.717, 1.165) is 44.6 Å². The van der Waals surface area contributed by atoms with Crippen molar-refractivity contribution < 1.29 is 13.3 Å². The van der Waals surface area contributed by atoms with Gasteiger partial charge in [0.25, 0.3) is 0 Å². The number of aromatic nitrogens is 4. The van der Waals surface area contributed by atoms with Gasteiger partial charge in [-0.3, -0.25) is 0 Å². The number of anilines is 1. The van der Waals surface area contributed by atoms with Gasteiger partial charge in [-0.2, -0.15) is 4.98 Å². The van der Waals surface area contributed by atoms with Gasteiger partial charge in [0.05, 0.1) is 5.52 Å². The Morgan fingerprint density at radius 2 is 1.91 bits per heavy atom. The topological polar surface area (TPSA) is 94.0 Å². The average Bonchev–Trinajstić information content (AvgIpc) is 3.33. The maximum atomic E-state index is 14.8. The lowest BCUT2D eigenvalue weighted by molar-refractivity contribution is 0.363. The third-order valence-corrected chi connectivity index (χ3v) is 6.57. The molecule has 0 unspecified atom stereocenters. The third kappa shape index (κ3) is 4.73. The first-order valence-corrected chi connectivity index (χ1v) is 12.1. The summed E-state index contributed by atoms with van der Waals surface area (Å²) in [6, 6.07) is 7.75. The molecular formula is C26H28F2N6O. The van der Waals surface area contributed by atoms with E-state index in [0.29, 0.717) is 52.3 Å². The molecule has 0 aliphatic carbocycles. The lowest BCUT2D eigenvalue weighted by Gasteiger charge is -2.32. The number of benzene rings is 2. The number of hydrogen-bond acceptors (Lipinski definition) is 7. The summed E-state index contributed by atoms with van der Waals surface area (Å²) in [5.74, 6) is 1.56. The standard InChI is InChI=1S/C26H28F2N6O/c1-2-3-23-32-25(33-35-23)17-7-10-34(11-8-17)26-21-14-19(27)13-20(24(21)30-15-31-26)18-5-4-16(6-9-29)22(28)12-18/h4-5,12-15,17H,2-3,6-11,29H2,1H3. The summed E-state index contributed by atoms with van der Waals surface area (Å²) in [6.45, 7) is 3.89. The molecule has 2 aromatic carbocycles. The van der Waals surface area contributed by atoms with Gasteiger partial charge < -0.3 is 15.2 Å². The number of nitrogens with two attached hydrogens (primary N) is 1. The fourth-order valence-electron chi connectivity index (χ4n) is 4.76. The van der Waals surface area contributed by atoms with Gasteiger partial charge in [-0.1, -0.05) is 24.2 Å². The fraction of sp³-hybridized carbons (Fsp3) is 0.385. The minimum atomic E-state index is -0.417. The Hall–Kier alpha value is -3.46. The number of nitrogens with zero attached hydrogens (tertiary/aromatic N) is 5.